The van der Waals surface area contributed by atoms with E-state index in [0.717, 1.165) is 31.5 Å². The predicted molar refractivity (Wildman–Crippen MR) is 148 cm³/mol. The number of aromatic nitrogens is 2. The lowest BCUT2D eigenvalue weighted by Crippen LogP contribution is -2.37. The number of rotatable bonds is 5. The molecular weight excluding hydrogens is 523 g/mol. The van der Waals surface area contributed by atoms with Crippen LogP contribution in [0.15, 0.2) is 48.8 Å². The van der Waals surface area contributed by atoms with Gasteiger partial charge in [0.25, 0.3) is 5.91 Å². The Morgan fingerprint density at radius 2 is 1.90 bits per heavy atom. The number of anilines is 3. The SMILES string of the molecule is Cc1ccc(NC(=O)c2cccc(F)c2)cc1C#CC(=N)c1c(N)ncnc1NC1CCN(C)CC1.OC(F)F. The number of halogens is 3. The summed E-state index contributed by atoms with van der Waals surface area (Å²) < 4.78 is 33.2. The van der Waals surface area contributed by atoms with Crippen LogP contribution in [0.2, 0.25) is 0 Å². The van der Waals surface area contributed by atoms with Gasteiger partial charge in [-0.3, -0.25) is 10.2 Å². The molecule has 2 aromatic carbocycles. The highest BCUT2D eigenvalue weighted by molar-refractivity contribution is 6.16. The molecule has 1 aromatic heterocycles. The molecule has 1 fully saturated rings. The van der Waals surface area contributed by atoms with Gasteiger partial charge in [0.05, 0.1) is 5.56 Å². The third-order valence-electron chi connectivity index (χ3n) is 6.09. The number of likely N-dealkylation sites (tertiary alicyclic amines) is 1. The Bertz CT molecular complexity index is 1410. The van der Waals surface area contributed by atoms with Crippen molar-refractivity contribution in [3.05, 3.63) is 76.9 Å². The summed E-state index contributed by atoms with van der Waals surface area (Å²) in [7, 11) is 2.10. The van der Waals surface area contributed by atoms with Crippen molar-refractivity contribution in [1.82, 2.24) is 14.9 Å². The van der Waals surface area contributed by atoms with Crippen molar-refractivity contribution in [2.45, 2.75) is 32.4 Å². The summed E-state index contributed by atoms with van der Waals surface area (Å²) in [6.07, 6.45) is 3.31. The van der Waals surface area contributed by atoms with Crippen molar-refractivity contribution >= 4 is 28.9 Å². The van der Waals surface area contributed by atoms with Crippen LogP contribution in [0.1, 0.15) is 39.9 Å². The fourth-order valence-corrected chi connectivity index (χ4v) is 3.96. The Morgan fingerprint density at radius 1 is 1.20 bits per heavy atom. The molecule has 0 unspecified atom stereocenters. The number of aryl methyl sites for hydroxylation is 1. The molecule has 1 amide bonds. The molecule has 1 aliphatic heterocycles. The number of aliphatic hydroxyl groups excluding tert-OH is 1. The van der Waals surface area contributed by atoms with Crippen LogP contribution < -0.4 is 16.4 Å². The van der Waals surface area contributed by atoms with Crippen LogP contribution in [0, 0.1) is 30.0 Å². The lowest BCUT2D eigenvalue weighted by Gasteiger charge is -2.30. The smallest absolute Gasteiger partial charge is 0.342 e. The van der Waals surface area contributed by atoms with Crippen LogP contribution >= 0.6 is 0 Å². The van der Waals surface area contributed by atoms with E-state index in [9.17, 15) is 18.0 Å². The first-order valence-electron chi connectivity index (χ1n) is 12.3. The maximum absolute atomic E-state index is 13.5. The molecule has 6 N–H and O–H groups in total. The second-order valence-electron chi connectivity index (χ2n) is 9.10. The monoisotopic (exact) mass is 553 g/mol. The van der Waals surface area contributed by atoms with Gasteiger partial charge in [-0.1, -0.05) is 18.1 Å². The van der Waals surface area contributed by atoms with Crippen LogP contribution in [-0.4, -0.2) is 64.4 Å². The summed E-state index contributed by atoms with van der Waals surface area (Å²) in [5.74, 6) is 5.65. The first-order chi connectivity index (χ1) is 19.0. The molecule has 40 heavy (non-hydrogen) atoms. The van der Waals surface area contributed by atoms with Crippen molar-refractivity contribution in [1.29, 1.82) is 5.41 Å². The summed E-state index contributed by atoms with van der Waals surface area (Å²) in [6.45, 7) is 0.686. The average molecular weight is 554 g/mol. The van der Waals surface area contributed by atoms with Crippen molar-refractivity contribution in [3.63, 3.8) is 0 Å². The lowest BCUT2D eigenvalue weighted by molar-refractivity contribution is -0.0728. The highest BCUT2D eigenvalue weighted by Gasteiger charge is 2.20. The van der Waals surface area contributed by atoms with E-state index in [1.807, 2.05) is 13.0 Å². The minimum atomic E-state index is -3.17. The summed E-state index contributed by atoms with van der Waals surface area (Å²) in [4.78, 5) is 23.1. The number of aliphatic hydroxyl groups is 1. The van der Waals surface area contributed by atoms with Gasteiger partial charge in [-0.2, -0.15) is 8.78 Å². The van der Waals surface area contributed by atoms with Crippen molar-refractivity contribution in [3.8, 4) is 11.8 Å². The standard InChI is InChI=1S/C27H28FN7O.CH2F2O/c1-17-6-8-22(34-27(36)19-4-3-5-20(28)14-19)15-18(17)7-9-23(29)24-25(30)31-16-32-26(24)33-21-10-12-35(2)13-11-21;2-1(3)4/h3-6,8,14-16,21,29H,10-13H2,1-2H3,(H,34,36)(H3,30,31,32,33);1,4H. The maximum Gasteiger partial charge on any atom is 0.342 e. The number of hydrogen-bond donors (Lipinski definition) is 5. The Labute approximate surface area is 230 Å². The first-order valence-corrected chi connectivity index (χ1v) is 12.3. The molecule has 0 saturated carbocycles. The first kappa shape index (κ1) is 30.1. The fourth-order valence-electron chi connectivity index (χ4n) is 3.96. The van der Waals surface area contributed by atoms with Gasteiger partial charge in [-0.05, 0) is 81.7 Å². The number of carbonyl (C=O) groups is 1. The number of nitrogens with one attached hydrogen (secondary N) is 3. The number of benzene rings is 2. The molecule has 4 rings (SSSR count). The topological polar surface area (TPSA) is 140 Å². The number of amides is 1. The number of hydrogen-bond acceptors (Lipinski definition) is 8. The molecule has 1 saturated heterocycles. The second-order valence-corrected chi connectivity index (χ2v) is 9.10. The Kier molecular flexibility index (Phi) is 10.6. The van der Waals surface area contributed by atoms with Crippen LogP contribution in [-0.2, 0) is 0 Å². The van der Waals surface area contributed by atoms with E-state index in [-0.39, 0.29) is 23.1 Å². The quantitative estimate of drug-likeness (QED) is 0.239. The van der Waals surface area contributed by atoms with E-state index in [4.69, 9.17) is 16.2 Å². The highest BCUT2D eigenvalue weighted by Crippen LogP contribution is 2.22. The molecular formula is C28H30F3N7O2. The Morgan fingerprint density at radius 3 is 2.58 bits per heavy atom. The molecule has 12 heteroatoms. The average Bonchev–Trinajstić information content (AvgIpc) is 2.90. The van der Waals surface area contributed by atoms with Gasteiger partial charge >= 0.3 is 6.61 Å². The summed E-state index contributed by atoms with van der Waals surface area (Å²) in [5.41, 5.74) is 8.72. The molecule has 3 aromatic rings. The number of nitrogens with zero attached hydrogens (tertiary/aromatic N) is 3. The maximum atomic E-state index is 13.5. The van der Waals surface area contributed by atoms with Crippen LogP contribution in [0.5, 0.6) is 0 Å². The largest absolute Gasteiger partial charge is 0.383 e. The van der Waals surface area contributed by atoms with Gasteiger partial charge < -0.3 is 26.4 Å². The predicted octanol–water partition coefficient (Wildman–Crippen LogP) is 3.89. The van der Waals surface area contributed by atoms with Gasteiger partial charge in [0.1, 0.15) is 29.5 Å². The van der Waals surface area contributed by atoms with Gasteiger partial charge in [-0.25, -0.2) is 14.4 Å². The van der Waals surface area contributed by atoms with E-state index in [1.54, 1.807) is 12.1 Å². The van der Waals surface area contributed by atoms with Crippen LogP contribution in [0.25, 0.3) is 0 Å². The van der Waals surface area contributed by atoms with Gasteiger partial charge in [-0.15, -0.1) is 0 Å². The number of alkyl halides is 2. The third-order valence-corrected chi connectivity index (χ3v) is 6.09. The molecule has 0 aliphatic carbocycles. The van der Waals surface area contributed by atoms with E-state index in [1.165, 1.54) is 30.6 Å². The van der Waals surface area contributed by atoms with Crippen LogP contribution in [0.3, 0.4) is 0 Å². The zero-order valence-electron chi connectivity index (χ0n) is 22.0. The van der Waals surface area contributed by atoms with Crippen molar-refractivity contribution in [2.24, 2.45) is 0 Å². The van der Waals surface area contributed by atoms with E-state index in [0.29, 0.717) is 22.6 Å². The van der Waals surface area contributed by atoms with E-state index >= 15 is 0 Å². The zero-order valence-corrected chi connectivity index (χ0v) is 22.0. The normalized spacial score (nSPS) is 13.5. The molecule has 0 radical (unpaired) electrons. The Hall–Kier alpha value is -4.47. The number of nitrogen functional groups attached to an aromatic ring is 1. The summed E-state index contributed by atoms with van der Waals surface area (Å²) in [5, 5.41) is 21.5. The highest BCUT2D eigenvalue weighted by atomic mass is 19.3. The van der Waals surface area contributed by atoms with Gasteiger partial charge in [0.2, 0.25) is 0 Å². The van der Waals surface area contributed by atoms with Gasteiger partial charge in [0, 0.05) is 22.9 Å². The molecule has 1 aliphatic rings. The Balaban J connectivity index is 0.00000103. The molecule has 0 spiro atoms. The third kappa shape index (κ3) is 8.79. The van der Waals surface area contributed by atoms with Crippen molar-refractivity contribution in [2.75, 3.05) is 36.5 Å². The van der Waals surface area contributed by atoms with Crippen molar-refractivity contribution < 1.29 is 23.1 Å². The number of nitrogens with two attached hydrogens (primary N) is 1. The molecule has 210 valence electrons. The van der Waals surface area contributed by atoms with Crippen LogP contribution in [0.4, 0.5) is 30.5 Å². The second kappa shape index (κ2) is 14.1. The van der Waals surface area contributed by atoms with E-state index < -0.39 is 18.3 Å². The minimum absolute atomic E-state index is 0.00266. The fraction of sp³-hybridized carbons (Fsp3) is 0.286. The minimum Gasteiger partial charge on any atom is -0.383 e. The zero-order chi connectivity index (χ0) is 29.2. The number of piperidine rings is 1. The van der Waals surface area contributed by atoms with E-state index in [2.05, 4.69) is 44.4 Å². The number of carbonyl (C=O) groups excluding carboxylic acids is 1. The summed E-state index contributed by atoms with van der Waals surface area (Å²) >= 11 is 0. The molecule has 0 bridgehead atoms. The molecule has 2 heterocycles. The lowest BCUT2D eigenvalue weighted by atomic mass is 10.0. The summed E-state index contributed by atoms with van der Waals surface area (Å²) in [6, 6.07) is 11.0. The van der Waals surface area contributed by atoms with Gasteiger partial charge in [0.15, 0.2) is 0 Å². The molecule has 0 atom stereocenters. The molecule has 9 nitrogen and oxygen atoms in total.